The molecule has 0 heterocycles. The van der Waals surface area contributed by atoms with Crippen LogP contribution in [0.25, 0.3) is 0 Å². The third-order valence-electron chi connectivity index (χ3n) is 2.54. The number of carbonyl (C=O) groups excluding carboxylic acids is 1. The maximum atomic E-state index is 11.4. The molecule has 0 unspecified atom stereocenters. The zero-order chi connectivity index (χ0) is 10.8. The van der Waals surface area contributed by atoms with Gasteiger partial charge in [-0.1, -0.05) is 29.8 Å². The zero-order valence-corrected chi connectivity index (χ0v) is 8.87. The van der Waals surface area contributed by atoms with E-state index >= 15 is 0 Å². The highest BCUT2D eigenvalue weighted by Gasteiger charge is 2.23. The first-order valence-corrected chi connectivity index (χ1v) is 5.23. The molecule has 1 aliphatic carbocycles. The molecule has 2 rings (SSSR count). The lowest BCUT2D eigenvalue weighted by atomic mass is 10.0. The summed E-state index contributed by atoms with van der Waals surface area (Å²) in [5, 5.41) is 10.6. The SMILES string of the molecule is O=C1CCC=C1[C@@H](O)c1ccc(Cl)cc1. The van der Waals surface area contributed by atoms with Gasteiger partial charge in [0.15, 0.2) is 5.78 Å². The second-order valence-corrected chi connectivity index (χ2v) is 4.01. The molecule has 0 saturated carbocycles. The van der Waals surface area contributed by atoms with E-state index in [4.69, 9.17) is 11.6 Å². The average Bonchev–Trinajstić information content (AvgIpc) is 2.65. The van der Waals surface area contributed by atoms with Crippen molar-refractivity contribution in [2.45, 2.75) is 18.9 Å². The maximum Gasteiger partial charge on any atom is 0.161 e. The van der Waals surface area contributed by atoms with Gasteiger partial charge in [0, 0.05) is 17.0 Å². The fraction of sp³-hybridized carbons (Fsp3) is 0.250. The molecule has 2 nitrogen and oxygen atoms in total. The first kappa shape index (κ1) is 10.4. The number of ketones is 1. The number of hydrogen-bond acceptors (Lipinski definition) is 2. The van der Waals surface area contributed by atoms with Gasteiger partial charge < -0.3 is 5.11 Å². The van der Waals surface area contributed by atoms with Gasteiger partial charge in [-0.2, -0.15) is 0 Å². The van der Waals surface area contributed by atoms with Crippen LogP contribution in [-0.2, 0) is 4.79 Å². The quantitative estimate of drug-likeness (QED) is 0.836. The lowest BCUT2D eigenvalue weighted by Crippen LogP contribution is -2.07. The Morgan fingerprint density at radius 1 is 1.27 bits per heavy atom. The van der Waals surface area contributed by atoms with Crippen LogP contribution in [0.1, 0.15) is 24.5 Å². The number of allylic oxidation sites excluding steroid dienone is 1. The van der Waals surface area contributed by atoms with E-state index in [1.165, 1.54) is 0 Å². The summed E-state index contributed by atoms with van der Waals surface area (Å²) in [6.45, 7) is 0. The minimum atomic E-state index is -0.808. The molecule has 0 aliphatic heterocycles. The number of halogens is 1. The molecule has 1 aromatic rings. The number of Topliss-reactive ketones (excluding diaryl/α,β-unsaturated/α-hetero) is 1. The molecule has 0 radical (unpaired) electrons. The molecule has 0 saturated heterocycles. The number of hydrogen-bond donors (Lipinski definition) is 1. The summed E-state index contributed by atoms with van der Waals surface area (Å²) >= 11 is 5.74. The molecule has 15 heavy (non-hydrogen) atoms. The van der Waals surface area contributed by atoms with Gasteiger partial charge in [-0.05, 0) is 24.1 Å². The lowest BCUT2D eigenvalue weighted by molar-refractivity contribution is -0.115. The Kier molecular flexibility index (Phi) is 2.89. The Hall–Kier alpha value is -1.12. The van der Waals surface area contributed by atoms with Crippen molar-refractivity contribution < 1.29 is 9.90 Å². The molecule has 1 N–H and O–H groups in total. The predicted molar refractivity (Wildman–Crippen MR) is 58.7 cm³/mol. The Balaban J connectivity index is 2.24. The monoisotopic (exact) mass is 222 g/mol. The number of rotatable bonds is 2. The summed E-state index contributed by atoms with van der Waals surface area (Å²) in [5.74, 6) is 0.0393. The summed E-state index contributed by atoms with van der Waals surface area (Å²) in [7, 11) is 0. The topological polar surface area (TPSA) is 37.3 Å². The molecular formula is C12H11ClO2. The van der Waals surface area contributed by atoms with Crippen molar-refractivity contribution >= 4 is 17.4 Å². The Labute approximate surface area is 93.2 Å². The normalized spacial score (nSPS) is 17.7. The van der Waals surface area contributed by atoms with E-state index in [-0.39, 0.29) is 5.78 Å². The Morgan fingerprint density at radius 2 is 1.93 bits per heavy atom. The van der Waals surface area contributed by atoms with Gasteiger partial charge in [0.2, 0.25) is 0 Å². The second-order valence-electron chi connectivity index (χ2n) is 3.58. The van der Waals surface area contributed by atoms with Crippen molar-refractivity contribution in [3.63, 3.8) is 0 Å². The van der Waals surface area contributed by atoms with Gasteiger partial charge in [-0.25, -0.2) is 0 Å². The van der Waals surface area contributed by atoms with Crippen molar-refractivity contribution in [2.75, 3.05) is 0 Å². The summed E-state index contributed by atoms with van der Waals surface area (Å²) < 4.78 is 0. The molecular weight excluding hydrogens is 212 g/mol. The third-order valence-corrected chi connectivity index (χ3v) is 2.79. The van der Waals surface area contributed by atoms with Crippen LogP contribution in [0.2, 0.25) is 5.02 Å². The summed E-state index contributed by atoms with van der Waals surface area (Å²) in [5.41, 5.74) is 1.22. The lowest BCUT2D eigenvalue weighted by Gasteiger charge is -2.11. The summed E-state index contributed by atoms with van der Waals surface area (Å²) in [4.78, 5) is 11.4. The molecule has 0 bridgehead atoms. The average molecular weight is 223 g/mol. The molecule has 1 atom stereocenters. The molecule has 1 aliphatic rings. The van der Waals surface area contributed by atoms with E-state index in [1.54, 1.807) is 24.3 Å². The van der Waals surface area contributed by atoms with Gasteiger partial charge in [0.25, 0.3) is 0 Å². The fourth-order valence-electron chi connectivity index (χ4n) is 1.71. The van der Waals surface area contributed by atoms with E-state index in [1.807, 2.05) is 6.08 Å². The highest BCUT2D eigenvalue weighted by Crippen LogP contribution is 2.28. The van der Waals surface area contributed by atoms with Crippen LogP contribution in [0.5, 0.6) is 0 Å². The molecule has 78 valence electrons. The fourth-order valence-corrected chi connectivity index (χ4v) is 1.83. The van der Waals surface area contributed by atoms with Gasteiger partial charge >= 0.3 is 0 Å². The van der Waals surface area contributed by atoms with Crippen LogP contribution in [-0.4, -0.2) is 10.9 Å². The standard InChI is InChI=1S/C12H11ClO2/c13-9-6-4-8(5-7-9)12(15)10-2-1-3-11(10)14/h2,4-7,12,15H,1,3H2/t12-/m0/s1. The van der Waals surface area contributed by atoms with E-state index in [9.17, 15) is 9.90 Å². The number of carbonyl (C=O) groups is 1. The van der Waals surface area contributed by atoms with E-state index in [2.05, 4.69) is 0 Å². The zero-order valence-electron chi connectivity index (χ0n) is 8.11. The van der Waals surface area contributed by atoms with Crippen molar-refractivity contribution in [1.82, 2.24) is 0 Å². The van der Waals surface area contributed by atoms with Crippen molar-refractivity contribution in [3.8, 4) is 0 Å². The van der Waals surface area contributed by atoms with Gasteiger partial charge in [-0.3, -0.25) is 4.79 Å². The Bertz CT molecular complexity index is 406. The van der Waals surface area contributed by atoms with E-state index in [0.717, 1.165) is 6.42 Å². The molecule has 0 spiro atoms. The van der Waals surface area contributed by atoms with Crippen molar-refractivity contribution in [1.29, 1.82) is 0 Å². The molecule has 1 aromatic carbocycles. The van der Waals surface area contributed by atoms with Crippen LogP contribution in [0, 0.1) is 0 Å². The van der Waals surface area contributed by atoms with Gasteiger partial charge in [0.05, 0.1) is 0 Å². The van der Waals surface area contributed by atoms with E-state index < -0.39 is 6.10 Å². The Morgan fingerprint density at radius 3 is 2.47 bits per heavy atom. The van der Waals surface area contributed by atoms with Crippen LogP contribution >= 0.6 is 11.6 Å². The van der Waals surface area contributed by atoms with Crippen LogP contribution in [0.4, 0.5) is 0 Å². The van der Waals surface area contributed by atoms with Crippen LogP contribution in [0.15, 0.2) is 35.9 Å². The first-order chi connectivity index (χ1) is 7.18. The van der Waals surface area contributed by atoms with Crippen LogP contribution < -0.4 is 0 Å². The predicted octanol–water partition coefficient (Wildman–Crippen LogP) is 2.66. The number of aliphatic hydroxyl groups excluding tert-OH is 1. The van der Waals surface area contributed by atoms with Crippen LogP contribution in [0.3, 0.4) is 0 Å². The minimum absolute atomic E-state index is 0.0393. The summed E-state index contributed by atoms with van der Waals surface area (Å²) in [6.07, 6.45) is 2.25. The number of aliphatic hydroxyl groups is 1. The highest BCUT2D eigenvalue weighted by atomic mass is 35.5. The van der Waals surface area contributed by atoms with Crippen molar-refractivity contribution in [2.24, 2.45) is 0 Å². The molecule has 3 heteroatoms. The van der Waals surface area contributed by atoms with Crippen molar-refractivity contribution in [3.05, 3.63) is 46.5 Å². The minimum Gasteiger partial charge on any atom is -0.384 e. The highest BCUT2D eigenvalue weighted by molar-refractivity contribution is 6.30. The largest absolute Gasteiger partial charge is 0.384 e. The second kappa shape index (κ2) is 4.17. The van der Waals surface area contributed by atoms with E-state index in [0.29, 0.717) is 22.6 Å². The first-order valence-electron chi connectivity index (χ1n) is 4.85. The summed E-state index contributed by atoms with van der Waals surface area (Å²) in [6, 6.07) is 6.89. The molecule has 0 amide bonds. The third kappa shape index (κ3) is 2.11. The van der Waals surface area contributed by atoms with Gasteiger partial charge in [-0.15, -0.1) is 0 Å². The smallest absolute Gasteiger partial charge is 0.161 e. The maximum absolute atomic E-state index is 11.4. The molecule has 0 fully saturated rings. The van der Waals surface area contributed by atoms with Gasteiger partial charge in [0.1, 0.15) is 6.10 Å². The number of benzene rings is 1. The molecule has 0 aromatic heterocycles.